The molecule has 0 spiro atoms. The van der Waals surface area contributed by atoms with Gasteiger partial charge in [0.2, 0.25) is 0 Å². The molecule has 7 heteroatoms. The smallest absolute Gasteiger partial charge is 0.154 e. The predicted molar refractivity (Wildman–Crippen MR) is 70.9 cm³/mol. The first-order valence-corrected chi connectivity index (χ1v) is 6.44. The van der Waals surface area contributed by atoms with E-state index < -0.39 is 5.60 Å². The van der Waals surface area contributed by atoms with Gasteiger partial charge in [0.15, 0.2) is 12.1 Å². The van der Waals surface area contributed by atoms with E-state index in [0.29, 0.717) is 24.0 Å². The molecule has 1 aliphatic rings. The number of aliphatic hydroxyl groups excluding tert-OH is 1. The van der Waals surface area contributed by atoms with Crippen LogP contribution in [0.5, 0.6) is 0 Å². The van der Waals surface area contributed by atoms with Gasteiger partial charge in [-0.05, 0) is 24.5 Å². The van der Waals surface area contributed by atoms with E-state index >= 15 is 0 Å². The number of hydrogen-bond donors (Lipinski definition) is 2. The van der Waals surface area contributed by atoms with Gasteiger partial charge in [0.1, 0.15) is 23.5 Å². The van der Waals surface area contributed by atoms with E-state index in [-0.39, 0.29) is 18.6 Å². The number of aliphatic hydroxyl groups is 1. The number of aldehydes is 1. The molecular weight excluding hydrogens is 260 g/mol. The van der Waals surface area contributed by atoms with Crippen molar-refractivity contribution < 1.29 is 14.6 Å². The lowest BCUT2D eigenvalue weighted by Crippen LogP contribution is -2.40. The molecule has 0 radical (unpaired) electrons. The van der Waals surface area contributed by atoms with Gasteiger partial charge in [-0.15, -0.1) is 0 Å². The van der Waals surface area contributed by atoms with Gasteiger partial charge in [0.05, 0.1) is 12.3 Å². The molecular formula is C13H16N4O3. The second kappa shape index (κ2) is 4.53. The van der Waals surface area contributed by atoms with E-state index in [1.807, 2.05) is 19.1 Å². The Hall–Kier alpha value is -1.99. The van der Waals surface area contributed by atoms with Gasteiger partial charge in [-0.25, -0.2) is 9.50 Å². The number of aromatic nitrogens is 3. The molecule has 0 amide bonds. The van der Waals surface area contributed by atoms with Crippen LogP contribution in [0.1, 0.15) is 25.1 Å². The third kappa shape index (κ3) is 1.70. The Balaban J connectivity index is 2.01. The first-order chi connectivity index (χ1) is 9.61. The first kappa shape index (κ1) is 13.0. The van der Waals surface area contributed by atoms with Crippen molar-refractivity contribution in [2.45, 2.75) is 25.0 Å². The molecule has 0 aliphatic carbocycles. The lowest BCUT2D eigenvalue weighted by Gasteiger charge is -2.24. The van der Waals surface area contributed by atoms with E-state index in [0.717, 1.165) is 5.69 Å². The highest BCUT2D eigenvalue weighted by molar-refractivity contribution is 5.66. The van der Waals surface area contributed by atoms with Crippen LogP contribution in [0.2, 0.25) is 0 Å². The Labute approximate surface area is 115 Å². The predicted octanol–water partition coefficient (Wildman–Crippen LogP) is 0.339. The molecule has 3 rings (SSSR count). The number of carbonyl (C=O) groups excluding carboxylic acids is 1. The molecule has 1 fully saturated rings. The molecule has 0 bridgehead atoms. The Morgan fingerprint density at radius 3 is 3.10 bits per heavy atom. The van der Waals surface area contributed by atoms with Crippen LogP contribution in [-0.2, 0) is 9.53 Å². The van der Waals surface area contributed by atoms with Crippen LogP contribution in [0.4, 0.5) is 5.82 Å². The lowest BCUT2D eigenvalue weighted by atomic mass is 9.90. The van der Waals surface area contributed by atoms with Crippen molar-refractivity contribution in [3.63, 3.8) is 0 Å². The standard InChI is InChI=1S/C13H16N4O3/c1-8-4-11(20-13(8,5-18)6-19)9-2-3-10-12(14)15-7-16-17(9)10/h2-3,5,7-8,11,19H,4,6H2,1H3,(H2,14,15,16)/t8-,11+,13+/m0/s1. The third-order valence-corrected chi connectivity index (χ3v) is 4.05. The summed E-state index contributed by atoms with van der Waals surface area (Å²) in [6.07, 6.45) is 2.40. The summed E-state index contributed by atoms with van der Waals surface area (Å²) in [6, 6.07) is 3.68. The minimum Gasteiger partial charge on any atom is -0.393 e. The molecule has 20 heavy (non-hydrogen) atoms. The zero-order valence-corrected chi connectivity index (χ0v) is 11.1. The second-order valence-electron chi connectivity index (χ2n) is 5.17. The third-order valence-electron chi connectivity index (χ3n) is 4.05. The highest BCUT2D eigenvalue weighted by Gasteiger charge is 2.47. The van der Waals surface area contributed by atoms with Gasteiger partial charge < -0.3 is 20.4 Å². The number of nitrogen functional groups attached to an aromatic ring is 1. The molecule has 1 aliphatic heterocycles. The van der Waals surface area contributed by atoms with Crippen LogP contribution in [0.15, 0.2) is 18.5 Å². The molecule has 2 aromatic rings. The molecule has 3 heterocycles. The van der Waals surface area contributed by atoms with Crippen LogP contribution in [-0.4, -0.2) is 38.2 Å². The fourth-order valence-corrected chi connectivity index (χ4v) is 2.72. The van der Waals surface area contributed by atoms with Crippen molar-refractivity contribution in [2.24, 2.45) is 5.92 Å². The number of hydrogen-bond acceptors (Lipinski definition) is 6. The van der Waals surface area contributed by atoms with Gasteiger partial charge in [-0.2, -0.15) is 5.10 Å². The summed E-state index contributed by atoms with van der Waals surface area (Å²) in [5, 5.41) is 13.6. The SMILES string of the molecule is C[C@H]1C[C@H](c2ccc3c(N)ncnn23)O[C@]1(C=O)CO. The van der Waals surface area contributed by atoms with Crippen molar-refractivity contribution >= 4 is 17.6 Å². The lowest BCUT2D eigenvalue weighted by molar-refractivity contribution is -0.140. The maximum atomic E-state index is 11.3. The number of anilines is 1. The van der Waals surface area contributed by atoms with E-state index in [1.54, 1.807) is 4.52 Å². The van der Waals surface area contributed by atoms with Gasteiger partial charge in [0, 0.05) is 0 Å². The zero-order chi connectivity index (χ0) is 14.3. The van der Waals surface area contributed by atoms with Gasteiger partial charge in [0.25, 0.3) is 0 Å². The van der Waals surface area contributed by atoms with Crippen molar-refractivity contribution in [3.05, 3.63) is 24.2 Å². The van der Waals surface area contributed by atoms with E-state index in [4.69, 9.17) is 10.5 Å². The molecule has 106 valence electrons. The molecule has 7 nitrogen and oxygen atoms in total. The average Bonchev–Trinajstić information content (AvgIpc) is 3.01. The molecule has 2 aromatic heterocycles. The number of ether oxygens (including phenoxy) is 1. The molecule has 1 saturated heterocycles. The quantitative estimate of drug-likeness (QED) is 0.784. The Kier molecular flexibility index (Phi) is 2.95. The maximum absolute atomic E-state index is 11.3. The molecule has 0 unspecified atom stereocenters. The largest absolute Gasteiger partial charge is 0.393 e. The van der Waals surface area contributed by atoms with Gasteiger partial charge in [-0.3, -0.25) is 0 Å². The van der Waals surface area contributed by atoms with E-state index in [1.165, 1.54) is 6.33 Å². The van der Waals surface area contributed by atoms with Crippen molar-refractivity contribution in [2.75, 3.05) is 12.3 Å². The number of carbonyl (C=O) groups is 1. The summed E-state index contributed by atoms with van der Waals surface area (Å²) in [6.45, 7) is 1.57. The number of rotatable bonds is 3. The normalized spacial score (nSPS) is 29.9. The number of fused-ring (bicyclic) bond motifs is 1. The van der Waals surface area contributed by atoms with Crippen molar-refractivity contribution in [1.29, 1.82) is 0 Å². The monoisotopic (exact) mass is 276 g/mol. The van der Waals surface area contributed by atoms with Gasteiger partial charge >= 0.3 is 0 Å². The molecule has 0 saturated carbocycles. The fourth-order valence-electron chi connectivity index (χ4n) is 2.72. The van der Waals surface area contributed by atoms with E-state index in [2.05, 4.69) is 10.1 Å². The van der Waals surface area contributed by atoms with Crippen LogP contribution in [0.3, 0.4) is 0 Å². The summed E-state index contributed by atoms with van der Waals surface area (Å²) in [4.78, 5) is 15.2. The van der Waals surface area contributed by atoms with Crippen molar-refractivity contribution in [1.82, 2.24) is 14.6 Å². The average molecular weight is 276 g/mol. The van der Waals surface area contributed by atoms with Crippen molar-refractivity contribution in [3.8, 4) is 0 Å². The minimum absolute atomic E-state index is 0.0697. The second-order valence-corrected chi connectivity index (χ2v) is 5.17. The Morgan fingerprint density at radius 1 is 1.65 bits per heavy atom. The molecule has 0 aromatic carbocycles. The highest BCUT2D eigenvalue weighted by Crippen LogP contribution is 2.42. The molecule has 3 atom stereocenters. The van der Waals surface area contributed by atoms with E-state index in [9.17, 15) is 9.90 Å². The highest BCUT2D eigenvalue weighted by atomic mass is 16.5. The summed E-state index contributed by atoms with van der Waals surface area (Å²) in [7, 11) is 0. The van der Waals surface area contributed by atoms with Crippen LogP contribution in [0.25, 0.3) is 5.52 Å². The topological polar surface area (TPSA) is 103 Å². The fraction of sp³-hybridized carbons (Fsp3) is 0.462. The maximum Gasteiger partial charge on any atom is 0.154 e. The minimum atomic E-state index is -1.13. The summed E-state index contributed by atoms with van der Waals surface area (Å²) < 4.78 is 7.48. The Morgan fingerprint density at radius 2 is 2.45 bits per heavy atom. The van der Waals surface area contributed by atoms with Crippen LogP contribution >= 0.6 is 0 Å². The summed E-state index contributed by atoms with van der Waals surface area (Å²) in [5.41, 5.74) is 6.16. The van der Waals surface area contributed by atoms with Crippen LogP contribution < -0.4 is 5.73 Å². The summed E-state index contributed by atoms with van der Waals surface area (Å²) in [5.74, 6) is 0.320. The first-order valence-electron chi connectivity index (χ1n) is 6.44. The number of nitrogens with zero attached hydrogens (tertiary/aromatic N) is 3. The number of nitrogens with two attached hydrogens (primary N) is 1. The Bertz CT molecular complexity index is 656. The summed E-state index contributed by atoms with van der Waals surface area (Å²) >= 11 is 0. The van der Waals surface area contributed by atoms with Gasteiger partial charge in [-0.1, -0.05) is 6.92 Å². The van der Waals surface area contributed by atoms with Crippen LogP contribution in [0, 0.1) is 5.92 Å². The molecule has 3 N–H and O–H groups in total. The zero-order valence-electron chi connectivity index (χ0n) is 11.1.